The topological polar surface area (TPSA) is 97.3 Å². The molecular formula is C23H25N5O2. The number of nitriles is 1. The average Bonchev–Trinajstić information content (AvgIpc) is 3.23. The van der Waals surface area contributed by atoms with Gasteiger partial charge < -0.3 is 15.5 Å². The minimum Gasteiger partial charge on any atom is -0.386 e. The van der Waals surface area contributed by atoms with Gasteiger partial charge in [-0.1, -0.05) is 12.1 Å². The second-order valence-corrected chi connectivity index (χ2v) is 7.96. The number of amides is 3. The van der Waals surface area contributed by atoms with Crippen molar-refractivity contribution in [2.24, 2.45) is 0 Å². The van der Waals surface area contributed by atoms with Gasteiger partial charge in [0.25, 0.3) is 5.91 Å². The number of imide groups is 1. The van der Waals surface area contributed by atoms with Crippen LogP contribution in [0.1, 0.15) is 28.7 Å². The number of urea groups is 1. The Morgan fingerprint density at radius 3 is 2.53 bits per heavy atom. The summed E-state index contributed by atoms with van der Waals surface area (Å²) in [6.45, 7) is 0.786. The number of hydrogen-bond donors (Lipinski definition) is 3. The van der Waals surface area contributed by atoms with Crippen molar-refractivity contribution >= 4 is 23.3 Å². The predicted molar refractivity (Wildman–Crippen MR) is 115 cm³/mol. The molecule has 1 aliphatic heterocycles. The van der Waals surface area contributed by atoms with E-state index in [-0.39, 0.29) is 11.9 Å². The Bertz CT molecular complexity index is 1060. The minimum absolute atomic E-state index is 0.216. The average molecular weight is 403 g/mol. The van der Waals surface area contributed by atoms with E-state index in [0.717, 1.165) is 47.5 Å². The van der Waals surface area contributed by atoms with Crippen molar-refractivity contribution in [2.45, 2.75) is 31.2 Å². The highest BCUT2D eigenvalue weighted by molar-refractivity contribution is 6.07. The van der Waals surface area contributed by atoms with Crippen molar-refractivity contribution in [3.63, 3.8) is 0 Å². The Morgan fingerprint density at radius 2 is 1.90 bits per heavy atom. The molecule has 0 bridgehead atoms. The standard InChI is InChI=1S/C23H25N5O2/c1-25-19-10-17-12-23(21(29)27-22(30)28(23)2)13-18(17)11-20(19)26-8-4-7-15-5-3-6-16(9-15)14-24/h3,5-6,9-11,25-26H,4,7-8,12-13H2,1-2H3,(H,27,29,30). The second-order valence-electron chi connectivity index (χ2n) is 7.96. The molecule has 1 spiro atoms. The number of carbonyl (C=O) groups is 2. The van der Waals surface area contributed by atoms with E-state index < -0.39 is 5.54 Å². The summed E-state index contributed by atoms with van der Waals surface area (Å²) in [5, 5.41) is 18.2. The fourth-order valence-corrected chi connectivity index (χ4v) is 4.42. The van der Waals surface area contributed by atoms with E-state index in [9.17, 15) is 9.59 Å². The van der Waals surface area contributed by atoms with Crippen LogP contribution in [0.15, 0.2) is 36.4 Å². The molecule has 1 atom stereocenters. The molecule has 0 saturated carbocycles. The molecule has 1 heterocycles. The first-order chi connectivity index (χ1) is 14.5. The summed E-state index contributed by atoms with van der Waals surface area (Å²) < 4.78 is 0. The summed E-state index contributed by atoms with van der Waals surface area (Å²) >= 11 is 0. The van der Waals surface area contributed by atoms with Crippen LogP contribution in [0.25, 0.3) is 0 Å². The van der Waals surface area contributed by atoms with Crippen molar-refractivity contribution in [3.8, 4) is 6.07 Å². The third-order valence-corrected chi connectivity index (χ3v) is 6.18. The van der Waals surface area contributed by atoms with Crippen LogP contribution in [0.2, 0.25) is 0 Å². The van der Waals surface area contributed by atoms with Crippen molar-refractivity contribution in [1.82, 2.24) is 10.2 Å². The zero-order chi connectivity index (χ0) is 21.3. The van der Waals surface area contributed by atoms with E-state index in [4.69, 9.17) is 5.26 Å². The molecule has 2 aliphatic rings. The maximum absolute atomic E-state index is 12.5. The maximum Gasteiger partial charge on any atom is 0.324 e. The number of hydrogen-bond acceptors (Lipinski definition) is 5. The predicted octanol–water partition coefficient (Wildman–Crippen LogP) is 2.66. The minimum atomic E-state index is -0.811. The molecule has 1 fully saturated rings. The Morgan fingerprint density at radius 1 is 1.17 bits per heavy atom. The Labute approximate surface area is 176 Å². The Balaban J connectivity index is 1.45. The van der Waals surface area contributed by atoms with Crippen LogP contribution < -0.4 is 16.0 Å². The van der Waals surface area contributed by atoms with Gasteiger partial charge in [0.2, 0.25) is 0 Å². The molecule has 0 aromatic heterocycles. The van der Waals surface area contributed by atoms with Gasteiger partial charge in [0, 0.05) is 33.5 Å². The maximum atomic E-state index is 12.5. The van der Waals surface area contributed by atoms with Crippen molar-refractivity contribution in [2.75, 3.05) is 31.3 Å². The molecule has 2 aromatic rings. The van der Waals surface area contributed by atoms with Gasteiger partial charge in [0.05, 0.1) is 23.0 Å². The summed E-state index contributed by atoms with van der Waals surface area (Å²) in [6.07, 6.45) is 2.87. The molecule has 1 saturated heterocycles. The molecule has 154 valence electrons. The molecule has 7 heteroatoms. The number of carbonyl (C=O) groups excluding carboxylic acids is 2. The van der Waals surface area contributed by atoms with Crippen LogP contribution in [0.5, 0.6) is 0 Å². The molecule has 30 heavy (non-hydrogen) atoms. The summed E-state index contributed by atoms with van der Waals surface area (Å²) in [4.78, 5) is 26.0. The summed E-state index contributed by atoms with van der Waals surface area (Å²) in [6, 6.07) is 13.7. The zero-order valence-corrected chi connectivity index (χ0v) is 17.2. The fourth-order valence-electron chi connectivity index (χ4n) is 4.42. The lowest BCUT2D eigenvalue weighted by atomic mass is 9.95. The summed E-state index contributed by atoms with van der Waals surface area (Å²) in [5.74, 6) is -0.216. The van der Waals surface area contributed by atoms with Gasteiger partial charge in [-0.15, -0.1) is 0 Å². The van der Waals surface area contributed by atoms with E-state index in [1.54, 1.807) is 7.05 Å². The third-order valence-electron chi connectivity index (χ3n) is 6.18. The molecule has 1 unspecified atom stereocenters. The van der Waals surface area contributed by atoms with Gasteiger partial charge >= 0.3 is 6.03 Å². The van der Waals surface area contributed by atoms with E-state index in [1.165, 1.54) is 4.90 Å². The number of aryl methyl sites for hydroxylation is 1. The number of fused-ring (bicyclic) bond motifs is 1. The van der Waals surface area contributed by atoms with E-state index in [1.807, 2.05) is 31.3 Å². The van der Waals surface area contributed by atoms with Crippen molar-refractivity contribution in [1.29, 1.82) is 5.26 Å². The monoisotopic (exact) mass is 403 g/mol. The van der Waals surface area contributed by atoms with Crippen LogP contribution in [0, 0.1) is 11.3 Å². The lowest BCUT2D eigenvalue weighted by molar-refractivity contribution is -0.125. The zero-order valence-electron chi connectivity index (χ0n) is 17.2. The van der Waals surface area contributed by atoms with Gasteiger partial charge in [-0.05, 0) is 53.8 Å². The summed E-state index contributed by atoms with van der Waals surface area (Å²) in [7, 11) is 3.56. The second kappa shape index (κ2) is 7.71. The molecule has 2 aromatic carbocycles. The molecule has 3 N–H and O–H groups in total. The number of nitrogens with one attached hydrogen (secondary N) is 3. The highest BCUT2D eigenvalue weighted by Gasteiger charge is 2.54. The fraction of sp³-hybridized carbons (Fsp3) is 0.348. The van der Waals surface area contributed by atoms with E-state index >= 15 is 0 Å². The molecule has 1 aliphatic carbocycles. The van der Waals surface area contributed by atoms with Crippen LogP contribution >= 0.6 is 0 Å². The molecule has 7 nitrogen and oxygen atoms in total. The lowest BCUT2D eigenvalue weighted by Crippen LogP contribution is -2.48. The largest absolute Gasteiger partial charge is 0.386 e. The quantitative estimate of drug-likeness (QED) is 0.509. The van der Waals surface area contributed by atoms with E-state index in [2.05, 4.69) is 34.2 Å². The van der Waals surface area contributed by atoms with Crippen molar-refractivity contribution in [3.05, 3.63) is 58.7 Å². The summed E-state index contributed by atoms with van der Waals surface area (Å²) in [5.41, 5.74) is 5.18. The Hall–Kier alpha value is -3.53. The highest BCUT2D eigenvalue weighted by atomic mass is 16.2. The molecule has 4 rings (SSSR count). The number of benzene rings is 2. The SMILES string of the molecule is CNc1cc2c(cc1NCCCc1cccc(C#N)c1)CC1(C2)C(=O)NC(=O)N1C. The van der Waals surface area contributed by atoms with Gasteiger partial charge in [0.1, 0.15) is 5.54 Å². The van der Waals surface area contributed by atoms with Gasteiger partial charge in [0.15, 0.2) is 0 Å². The molecular weight excluding hydrogens is 378 g/mol. The normalized spacial score (nSPS) is 19.6. The number of likely N-dealkylation sites (N-methyl/N-ethyl adjacent to an activating group) is 1. The van der Waals surface area contributed by atoms with Crippen LogP contribution in [-0.4, -0.2) is 43.0 Å². The van der Waals surface area contributed by atoms with Crippen LogP contribution in [0.3, 0.4) is 0 Å². The highest BCUT2D eigenvalue weighted by Crippen LogP contribution is 2.40. The van der Waals surface area contributed by atoms with Gasteiger partial charge in [-0.3, -0.25) is 10.1 Å². The first-order valence-electron chi connectivity index (χ1n) is 10.1. The Kier molecular flexibility index (Phi) is 5.08. The number of nitrogens with zero attached hydrogens (tertiary/aromatic N) is 2. The number of anilines is 2. The van der Waals surface area contributed by atoms with Crippen molar-refractivity contribution < 1.29 is 9.59 Å². The smallest absolute Gasteiger partial charge is 0.324 e. The molecule has 3 amide bonds. The van der Waals surface area contributed by atoms with Crippen LogP contribution in [-0.2, 0) is 24.1 Å². The van der Waals surface area contributed by atoms with Gasteiger partial charge in [-0.2, -0.15) is 5.26 Å². The number of rotatable bonds is 6. The van der Waals surface area contributed by atoms with Crippen LogP contribution in [0.4, 0.5) is 16.2 Å². The van der Waals surface area contributed by atoms with E-state index in [0.29, 0.717) is 18.4 Å². The lowest BCUT2D eigenvalue weighted by Gasteiger charge is -2.27. The first-order valence-corrected chi connectivity index (χ1v) is 10.1. The first kappa shape index (κ1) is 19.8. The van der Waals surface area contributed by atoms with Gasteiger partial charge in [-0.25, -0.2) is 4.79 Å². The third kappa shape index (κ3) is 3.35. The molecule has 0 radical (unpaired) electrons.